The molecule has 1 aliphatic heterocycles. The van der Waals surface area contributed by atoms with Gasteiger partial charge >= 0.3 is 0 Å². The van der Waals surface area contributed by atoms with Crippen LogP contribution in [-0.2, 0) is 19.7 Å². The number of hydrogen-bond acceptors (Lipinski definition) is 3. The molecule has 1 spiro atoms. The number of ether oxygens (including phenoxy) is 1. The number of methoxy groups -OCH3 is 1. The van der Waals surface area contributed by atoms with Crippen LogP contribution in [0.5, 0.6) is 0 Å². The van der Waals surface area contributed by atoms with Crippen molar-refractivity contribution in [2.24, 2.45) is 0 Å². The molecule has 0 radical (unpaired) electrons. The number of rotatable bonds is 5. The fourth-order valence-electron chi connectivity index (χ4n) is 4.69. The van der Waals surface area contributed by atoms with Gasteiger partial charge in [0, 0.05) is 32.7 Å². The zero-order valence-electron chi connectivity index (χ0n) is 16.1. The van der Waals surface area contributed by atoms with Gasteiger partial charge in [0.15, 0.2) is 0 Å². The second-order valence-corrected chi connectivity index (χ2v) is 8.01. The minimum absolute atomic E-state index is 0.0708. The van der Waals surface area contributed by atoms with Crippen LogP contribution in [0.25, 0.3) is 0 Å². The summed E-state index contributed by atoms with van der Waals surface area (Å²) in [5, 5.41) is 3.02. The highest BCUT2D eigenvalue weighted by molar-refractivity contribution is 5.78. The van der Waals surface area contributed by atoms with E-state index >= 15 is 0 Å². The Morgan fingerprint density at radius 1 is 1.27 bits per heavy atom. The molecule has 1 atom stereocenters. The highest BCUT2D eigenvalue weighted by atomic mass is 16.5. The summed E-state index contributed by atoms with van der Waals surface area (Å²) in [6, 6.07) is 8.74. The van der Waals surface area contributed by atoms with Crippen LogP contribution in [0, 0.1) is 0 Å². The van der Waals surface area contributed by atoms with Crippen molar-refractivity contribution in [1.29, 1.82) is 0 Å². The molecule has 1 N–H and O–H groups in total. The second kappa shape index (κ2) is 7.78. The van der Waals surface area contributed by atoms with Gasteiger partial charge in [-0.05, 0) is 55.6 Å². The Balaban J connectivity index is 1.74. The van der Waals surface area contributed by atoms with Crippen molar-refractivity contribution in [1.82, 2.24) is 10.2 Å². The van der Waals surface area contributed by atoms with Crippen molar-refractivity contribution < 1.29 is 14.3 Å². The number of hydrogen-bond donors (Lipinski definition) is 1. The third-order valence-corrected chi connectivity index (χ3v) is 5.83. The van der Waals surface area contributed by atoms with E-state index in [9.17, 15) is 9.59 Å². The molecule has 0 aromatic heterocycles. The van der Waals surface area contributed by atoms with Gasteiger partial charge in [0.05, 0.1) is 0 Å². The molecule has 2 amide bonds. The molecule has 0 saturated carbocycles. The van der Waals surface area contributed by atoms with Gasteiger partial charge in [-0.15, -0.1) is 0 Å². The quantitative estimate of drug-likeness (QED) is 0.880. The molecule has 1 aliphatic carbocycles. The number of amides is 2. The molecule has 1 aromatic carbocycles. The Labute approximate surface area is 156 Å². The van der Waals surface area contributed by atoms with Crippen LogP contribution in [0.15, 0.2) is 24.3 Å². The van der Waals surface area contributed by atoms with E-state index < -0.39 is 0 Å². The van der Waals surface area contributed by atoms with Crippen LogP contribution in [0.4, 0.5) is 0 Å². The van der Waals surface area contributed by atoms with E-state index in [1.54, 1.807) is 7.11 Å². The predicted molar refractivity (Wildman–Crippen MR) is 101 cm³/mol. The number of carbonyl (C=O) groups is 2. The monoisotopic (exact) mass is 358 g/mol. The van der Waals surface area contributed by atoms with E-state index in [0.29, 0.717) is 6.42 Å². The molecule has 142 valence electrons. The van der Waals surface area contributed by atoms with Crippen LogP contribution >= 0.6 is 0 Å². The molecule has 0 unspecified atom stereocenters. The second-order valence-electron chi connectivity index (χ2n) is 8.01. The summed E-state index contributed by atoms with van der Waals surface area (Å²) >= 11 is 0. The Hall–Kier alpha value is -1.88. The summed E-state index contributed by atoms with van der Waals surface area (Å²) in [7, 11) is 1.56. The van der Waals surface area contributed by atoms with Gasteiger partial charge in [-0.1, -0.05) is 24.3 Å². The standard InChI is InChI=1S/C21H30N2O3/c1-15(2)22-19(24)12-16-13-21(18-7-5-4-6-17(16)18)8-10-23(11-9-21)20(25)14-26-3/h4-7,15-16H,8-14H2,1-3H3,(H,22,24)/t16-/m1/s1. The van der Waals surface area contributed by atoms with E-state index in [0.717, 1.165) is 32.4 Å². The molecule has 2 aliphatic rings. The van der Waals surface area contributed by atoms with E-state index in [1.807, 2.05) is 18.7 Å². The van der Waals surface area contributed by atoms with Gasteiger partial charge in [-0.2, -0.15) is 0 Å². The minimum Gasteiger partial charge on any atom is -0.375 e. The first-order valence-corrected chi connectivity index (χ1v) is 9.60. The Morgan fingerprint density at radius 3 is 2.62 bits per heavy atom. The van der Waals surface area contributed by atoms with Crippen molar-refractivity contribution in [3.8, 4) is 0 Å². The van der Waals surface area contributed by atoms with Crippen molar-refractivity contribution in [2.75, 3.05) is 26.8 Å². The van der Waals surface area contributed by atoms with Crippen molar-refractivity contribution >= 4 is 11.8 Å². The number of nitrogens with one attached hydrogen (secondary N) is 1. The maximum Gasteiger partial charge on any atom is 0.248 e. The van der Waals surface area contributed by atoms with Gasteiger partial charge in [0.2, 0.25) is 11.8 Å². The van der Waals surface area contributed by atoms with E-state index in [1.165, 1.54) is 11.1 Å². The first-order chi connectivity index (χ1) is 12.4. The molecule has 1 saturated heterocycles. The molecule has 3 rings (SSSR count). The van der Waals surface area contributed by atoms with Crippen LogP contribution in [-0.4, -0.2) is 49.6 Å². The highest BCUT2D eigenvalue weighted by Gasteiger charge is 2.46. The number of likely N-dealkylation sites (tertiary alicyclic amines) is 1. The zero-order chi connectivity index (χ0) is 18.7. The van der Waals surface area contributed by atoms with Crippen molar-refractivity contribution in [3.63, 3.8) is 0 Å². The third-order valence-electron chi connectivity index (χ3n) is 5.83. The fraction of sp³-hybridized carbons (Fsp3) is 0.619. The lowest BCUT2D eigenvalue weighted by atomic mass is 9.73. The van der Waals surface area contributed by atoms with Gasteiger partial charge in [0.25, 0.3) is 0 Å². The Kier molecular flexibility index (Phi) is 5.66. The number of fused-ring (bicyclic) bond motifs is 2. The average Bonchev–Trinajstić information content (AvgIpc) is 2.89. The van der Waals surface area contributed by atoms with Gasteiger partial charge in [0.1, 0.15) is 6.61 Å². The molecule has 26 heavy (non-hydrogen) atoms. The average molecular weight is 358 g/mol. The molecule has 0 bridgehead atoms. The zero-order valence-corrected chi connectivity index (χ0v) is 16.1. The SMILES string of the molecule is COCC(=O)N1CCC2(CC1)C[C@@H](CC(=O)NC(C)C)c1ccccc12. The number of carbonyl (C=O) groups excluding carboxylic acids is 2. The topological polar surface area (TPSA) is 58.6 Å². The summed E-state index contributed by atoms with van der Waals surface area (Å²) in [5.74, 6) is 0.470. The number of piperidine rings is 1. The largest absolute Gasteiger partial charge is 0.375 e. The smallest absolute Gasteiger partial charge is 0.248 e. The van der Waals surface area contributed by atoms with Gasteiger partial charge in [-0.25, -0.2) is 0 Å². The maximum atomic E-state index is 12.3. The molecule has 1 aromatic rings. The van der Waals surface area contributed by atoms with Crippen LogP contribution in [0.2, 0.25) is 0 Å². The normalized spacial score (nSPS) is 21.1. The summed E-state index contributed by atoms with van der Waals surface area (Å²) < 4.78 is 4.99. The lowest BCUT2D eigenvalue weighted by Crippen LogP contribution is -2.45. The molecular formula is C21H30N2O3. The van der Waals surface area contributed by atoms with Crippen LogP contribution in [0.1, 0.15) is 56.6 Å². The van der Waals surface area contributed by atoms with Gasteiger partial charge < -0.3 is 15.0 Å². The predicted octanol–water partition coefficient (Wildman–Crippen LogP) is 2.60. The Bertz CT molecular complexity index is 663. The summed E-state index contributed by atoms with van der Waals surface area (Å²) in [6.45, 7) is 5.67. The lowest BCUT2D eigenvalue weighted by Gasteiger charge is -2.40. The van der Waals surface area contributed by atoms with E-state index in [2.05, 4.69) is 29.6 Å². The number of benzene rings is 1. The summed E-state index contributed by atoms with van der Waals surface area (Å²) in [6.07, 6.45) is 3.47. The fourth-order valence-corrected chi connectivity index (χ4v) is 4.69. The van der Waals surface area contributed by atoms with Crippen molar-refractivity contribution in [3.05, 3.63) is 35.4 Å². The first-order valence-electron chi connectivity index (χ1n) is 9.60. The van der Waals surface area contributed by atoms with Crippen LogP contribution < -0.4 is 5.32 Å². The van der Waals surface area contributed by atoms with Crippen molar-refractivity contribution in [2.45, 2.75) is 56.9 Å². The number of nitrogens with zero attached hydrogens (tertiary/aromatic N) is 1. The third kappa shape index (κ3) is 3.78. The molecule has 5 heteroatoms. The summed E-state index contributed by atoms with van der Waals surface area (Å²) in [5.41, 5.74) is 2.81. The molecule has 5 nitrogen and oxygen atoms in total. The minimum atomic E-state index is 0.0708. The Morgan fingerprint density at radius 2 is 1.96 bits per heavy atom. The molecule has 1 fully saturated rings. The lowest BCUT2D eigenvalue weighted by molar-refractivity contribution is -0.136. The van der Waals surface area contributed by atoms with Crippen LogP contribution in [0.3, 0.4) is 0 Å². The van der Waals surface area contributed by atoms with Gasteiger partial charge in [-0.3, -0.25) is 9.59 Å². The van der Waals surface area contributed by atoms with E-state index in [4.69, 9.17) is 4.74 Å². The first kappa shape index (κ1) is 18.9. The maximum absolute atomic E-state index is 12.3. The van der Waals surface area contributed by atoms with E-state index in [-0.39, 0.29) is 35.8 Å². The molecule has 1 heterocycles. The molecular weight excluding hydrogens is 328 g/mol. The summed E-state index contributed by atoms with van der Waals surface area (Å²) in [4.78, 5) is 26.3. The highest BCUT2D eigenvalue weighted by Crippen LogP contribution is 2.52.